The number of ether oxygens (including phenoxy) is 1. The highest BCUT2D eigenvalue weighted by atomic mass is 19.1. The number of fused-ring (bicyclic) bond motifs is 2. The Morgan fingerprint density at radius 2 is 1.81 bits per heavy atom. The summed E-state index contributed by atoms with van der Waals surface area (Å²) in [7, 11) is 0. The minimum Gasteiger partial charge on any atom is -0.445 e. The molecule has 0 aromatic heterocycles. The van der Waals surface area contributed by atoms with Crippen LogP contribution in [0.15, 0.2) is 54.6 Å². The first kappa shape index (κ1) is 17.7. The molecule has 3 nitrogen and oxygen atoms in total. The van der Waals surface area contributed by atoms with E-state index in [2.05, 4.69) is 0 Å². The number of carbonyl (C=O) groups excluding carboxylic acids is 1. The van der Waals surface area contributed by atoms with E-state index < -0.39 is 11.6 Å². The molecule has 2 atom stereocenters. The molecule has 2 unspecified atom stereocenters. The van der Waals surface area contributed by atoms with Gasteiger partial charge in [0.15, 0.2) is 0 Å². The van der Waals surface area contributed by atoms with Crippen molar-refractivity contribution in [1.82, 2.24) is 4.90 Å². The van der Waals surface area contributed by atoms with Gasteiger partial charge in [-0.2, -0.15) is 0 Å². The summed E-state index contributed by atoms with van der Waals surface area (Å²) in [6.45, 7) is 0.237. The molecule has 0 saturated carbocycles. The van der Waals surface area contributed by atoms with Gasteiger partial charge < -0.3 is 4.74 Å². The third-order valence-corrected chi connectivity index (χ3v) is 5.29. The van der Waals surface area contributed by atoms with Gasteiger partial charge in [0.2, 0.25) is 0 Å². The van der Waals surface area contributed by atoms with Gasteiger partial charge in [-0.15, -0.1) is 0 Å². The third-order valence-electron chi connectivity index (χ3n) is 5.29. The molecule has 0 N–H and O–H groups in total. The molecule has 4 rings (SSSR count). The van der Waals surface area contributed by atoms with Crippen molar-refractivity contribution >= 4 is 11.7 Å². The fraction of sp³-hybridized carbons (Fsp3) is 0.318. The maximum Gasteiger partial charge on any atom is 0.410 e. The largest absolute Gasteiger partial charge is 0.445 e. The summed E-state index contributed by atoms with van der Waals surface area (Å²) >= 11 is 0. The normalized spacial score (nSPS) is 21.6. The highest BCUT2D eigenvalue weighted by Gasteiger charge is 2.38. The van der Waals surface area contributed by atoms with E-state index in [1.165, 1.54) is 12.1 Å². The number of piperidine rings is 1. The summed E-state index contributed by atoms with van der Waals surface area (Å²) < 4.78 is 32.7. The van der Waals surface area contributed by atoms with Gasteiger partial charge in [-0.3, -0.25) is 4.90 Å². The zero-order valence-electron chi connectivity index (χ0n) is 14.9. The first-order chi connectivity index (χ1) is 13.1. The lowest BCUT2D eigenvalue weighted by Crippen LogP contribution is -2.51. The van der Waals surface area contributed by atoms with E-state index in [9.17, 15) is 13.6 Å². The number of benzene rings is 2. The fourth-order valence-corrected chi connectivity index (χ4v) is 4.06. The van der Waals surface area contributed by atoms with Crippen molar-refractivity contribution in [2.45, 2.75) is 44.4 Å². The molecule has 2 aliphatic heterocycles. The zero-order chi connectivity index (χ0) is 18.8. The minimum atomic E-state index is -0.583. The Bertz CT molecular complexity index is 846. The van der Waals surface area contributed by atoms with Crippen LogP contribution in [-0.2, 0) is 11.3 Å². The Kier molecular flexibility index (Phi) is 4.92. The number of amides is 1. The Morgan fingerprint density at radius 1 is 1.07 bits per heavy atom. The van der Waals surface area contributed by atoms with Crippen molar-refractivity contribution < 1.29 is 18.3 Å². The van der Waals surface area contributed by atoms with Crippen LogP contribution in [0.4, 0.5) is 13.6 Å². The summed E-state index contributed by atoms with van der Waals surface area (Å²) in [6.07, 6.45) is 4.95. The van der Waals surface area contributed by atoms with Crippen molar-refractivity contribution in [1.29, 1.82) is 0 Å². The molecular weight excluding hydrogens is 348 g/mol. The highest BCUT2D eigenvalue weighted by molar-refractivity contribution is 5.74. The molecule has 1 amide bonds. The number of halogens is 2. The van der Waals surface area contributed by atoms with Gasteiger partial charge in [0.25, 0.3) is 0 Å². The number of carbonyl (C=O) groups is 1. The Hall–Kier alpha value is -2.69. The second kappa shape index (κ2) is 7.51. The molecule has 2 aliphatic rings. The van der Waals surface area contributed by atoms with E-state index in [0.29, 0.717) is 12.0 Å². The van der Waals surface area contributed by atoms with Gasteiger partial charge in [0, 0.05) is 12.1 Å². The van der Waals surface area contributed by atoms with Crippen LogP contribution in [0.3, 0.4) is 0 Å². The molecule has 2 aromatic carbocycles. The SMILES string of the molecule is O=C(OCc1ccccc1)N1C2C=C(c3cc(F)cc(F)c3)CC1CCC2. The van der Waals surface area contributed by atoms with E-state index in [-0.39, 0.29) is 24.8 Å². The van der Waals surface area contributed by atoms with Crippen molar-refractivity contribution in [2.75, 3.05) is 0 Å². The van der Waals surface area contributed by atoms with Crippen molar-refractivity contribution in [2.24, 2.45) is 0 Å². The molecule has 5 heteroatoms. The third kappa shape index (κ3) is 3.87. The van der Waals surface area contributed by atoms with E-state index in [1.54, 1.807) is 4.90 Å². The van der Waals surface area contributed by atoms with E-state index in [1.807, 2.05) is 36.4 Å². The van der Waals surface area contributed by atoms with E-state index in [4.69, 9.17) is 4.74 Å². The molecule has 0 spiro atoms. The summed E-state index contributed by atoms with van der Waals surface area (Å²) in [5, 5.41) is 0. The number of nitrogens with zero attached hydrogens (tertiary/aromatic N) is 1. The van der Waals surface area contributed by atoms with Crippen molar-refractivity contribution in [3.05, 3.63) is 77.4 Å². The topological polar surface area (TPSA) is 29.5 Å². The summed E-state index contributed by atoms with van der Waals surface area (Å²) in [5.74, 6) is -1.17. The molecule has 2 heterocycles. The van der Waals surface area contributed by atoms with Gasteiger partial charge in [0.1, 0.15) is 18.2 Å². The predicted octanol–water partition coefficient (Wildman–Crippen LogP) is 5.31. The molecular formula is C22H21F2NO2. The van der Waals surface area contributed by atoms with E-state index >= 15 is 0 Å². The van der Waals surface area contributed by atoms with Gasteiger partial charge in [0.05, 0.1) is 6.04 Å². The lowest BCUT2D eigenvalue weighted by Gasteiger charge is -2.44. The monoisotopic (exact) mass is 369 g/mol. The summed E-state index contributed by atoms with van der Waals surface area (Å²) in [4.78, 5) is 14.5. The second-order valence-corrected chi connectivity index (χ2v) is 7.15. The molecule has 0 aliphatic carbocycles. The minimum absolute atomic E-state index is 0.00153. The Labute approximate surface area is 157 Å². The van der Waals surface area contributed by atoms with Crippen LogP contribution in [0.25, 0.3) is 5.57 Å². The highest BCUT2D eigenvalue weighted by Crippen LogP contribution is 2.37. The van der Waals surface area contributed by atoms with Crippen LogP contribution in [0.1, 0.15) is 36.8 Å². The fourth-order valence-electron chi connectivity index (χ4n) is 4.06. The zero-order valence-corrected chi connectivity index (χ0v) is 14.9. The molecule has 0 radical (unpaired) electrons. The number of rotatable bonds is 3. The van der Waals surface area contributed by atoms with Gasteiger partial charge in [-0.1, -0.05) is 36.4 Å². The summed E-state index contributed by atoms with van der Waals surface area (Å²) in [6, 6.07) is 13.1. The van der Waals surface area contributed by atoms with Crippen LogP contribution in [0.2, 0.25) is 0 Å². The maximum atomic E-state index is 13.6. The molecule has 1 saturated heterocycles. The first-order valence-corrected chi connectivity index (χ1v) is 9.26. The van der Waals surface area contributed by atoms with Gasteiger partial charge in [-0.25, -0.2) is 13.6 Å². The molecule has 27 heavy (non-hydrogen) atoms. The van der Waals surface area contributed by atoms with Crippen LogP contribution in [0, 0.1) is 11.6 Å². The van der Waals surface area contributed by atoms with Crippen LogP contribution in [-0.4, -0.2) is 23.1 Å². The smallest absolute Gasteiger partial charge is 0.410 e. The lowest BCUT2D eigenvalue weighted by molar-refractivity contribution is 0.0510. The summed E-state index contributed by atoms with van der Waals surface area (Å²) in [5.41, 5.74) is 2.40. The van der Waals surface area contributed by atoms with Gasteiger partial charge in [-0.05, 0) is 54.5 Å². The number of hydrogen-bond acceptors (Lipinski definition) is 2. The molecule has 2 aromatic rings. The van der Waals surface area contributed by atoms with Crippen LogP contribution in [0.5, 0.6) is 0 Å². The standard InChI is InChI=1S/C22H21F2NO2/c23-18-9-16(10-19(24)13-18)17-11-20-7-4-8-21(12-17)25(20)22(26)27-14-15-5-2-1-3-6-15/h1-3,5-6,9-11,13,20-21H,4,7-8,12,14H2. The predicted molar refractivity (Wildman–Crippen MR) is 98.8 cm³/mol. The molecule has 1 fully saturated rings. The first-order valence-electron chi connectivity index (χ1n) is 9.26. The van der Waals surface area contributed by atoms with Gasteiger partial charge >= 0.3 is 6.09 Å². The second-order valence-electron chi connectivity index (χ2n) is 7.15. The maximum absolute atomic E-state index is 13.6. The average molecular weight is 369 g/mol. The van der Waals surface area contributed by atoms with Crippen molar-refractivity contribution in [3.63, 3.8) is 0 Å². The Balaban J connectivity index is 1.52. The molecule has 140 valence electrons. The Morgan fingerprint density at radius 3 is 2.52 bits per heavy atom. The lowest BCUT2D eigenvalue weighted by atomic mass is 9.83. The quantitative estimate of drug-likeness (QED) is 0.734. The van der Waals surface area contributed by atoms with Crippen LogP contribution < -0.4 is 0 Å². The number of hydrogen-bond donors (Lipinski definition) is 0. The molecule has 2 bridgehead atoms. The average Bonchev–Trinajstić information content (AvgIpc) is 2.65. The van der Waals surface area contributed by atoms with Crippen LogP contribution >= 0.6 is 0 Å². The van der Waals surface area contributed by atoms with E-state index in [0.717, 1.165) is 36.5 Å². The van der Waals surface area contributed by atoms with Crippen molar-refractivity contribution in [3.8, 4) is 0 Å².